The molecule has 5 rings (SSSR count). The van der Waals surface area contributed by atoms with E-state index in [1.54, 1.807) is 12.3 Å². The van der Waals surface area contributed by atoms with Gasteiger partial charge in [0.25, 0.3) is 0 Å². The Hall–Kier alpha value is -2.76. The van der Waals surface area contributed by atoms with Crippen molar-refractivity contribution in [3.05, 3.63) is 89.5 Å². The highest BCUT2D eigenvalue weighted by Crippen LogP contribution is 2.42. The highest BCUT2D eigenvalue weighted by Gasteiger charge is 2.29. The highest BCUT2D eigenvalue weighted by atomic mass is 32.2. The van der Waals surface area contributed by atoms with Crippen LogP contribution in [0.15, 0.2) is 87.7 Å². The molecule has 1 unspecified atom stereocenters. The van der Waals surface area contributed by atoms with Crippen LogP contribution in [0.25, 0.3) is 0 Å². The van der Waals surface area contributed by atoms with Crippen molar-refractivity contribution >= 4 is 18.0 Å². The molecule has 1 atom stereocenters. The monoisotopic (exact) mass is 415 g/mol. The second kappa shape index (κ2) is 8.54. The van der Waals surface area contributed by atoms with E-state index in [2.05, 4.69) is 63.5 Å². The van der Waals surface area contributed by atoms with E-state index < -0.39 is 0 Å². The number of fused-ring (bicyclic) bond motifs is 2. The van der Waals surface area contributed by atoms with Crippen LogP contribution in [0, 0.1) is 0 Å². The quantitative estimate of drug-likeness (QED) is 0.624. The number of hydrazone groups is 1. The van der Waals surface area contributed by atoms with Crippen LogP contribution in [0.3, 0.4) is 0 Å². The second-order valence-corrected chi connectivity index (χ2v) is 8.84. The summed E-state index contributed by atoms with van der Waals surface area (Å²) in [6, 6.07) is 25.4. The van der Waals surface area contributed by atoms with Gasteiger partial charge in [0.15, 0.2) is 0 Å². The Morgan fingerprint density at radius 3 is 2.37 bits per heavy atom. The molecule has 0 spiro atoms. The zero-order valence-electron chi connectivity index (χ0n) is 16.8. The van der Waals surface area contributed by atoms with Crippen LogP contribution in [-0.4, -0.2) is 47.4 Å². The van der Waals surface area contributed by atoms with Gasteiger partial charge in [-0.2, -0.15) is 5.10 Å². The summed E-state index contributed by atoms with van der Waals surface area (Å²) in [7, 11) is 0. The predicted octanol–water partition coefficient (Wildman–Crippen LogP) is 4.79. The van der Waals surface area contributed by atoms with Crippen molar-refractivity contribution in [3.63, 3.8) is 0 Å². The van der Waals surface area contributed by atoms with Crippen LogP contribution >= 0.6 is 11.8 Å². The molecule has 2 heterocycles. The molecule has 2 aliphatic heterocycles. The summed E-state index contributed by atoms with van der Waals surface area (Å²) in [4.78, 5) is 5.35. The van der Waals surface area contributed by atoms with Crippen LogP contribution in [0.1, 0.15) is 22.7 Å². The number of aromatic hydroxyl groups is 1. The highest BCUT2D eigenvalue weighted by molar-refractivity contribution is 7.99. The lowest BCUT2D eigenvalue weighted by atomic mass is 9.97. The molecule has 1 N–H and O–H groups in total. The summed E-state index contributed by atoms with van der Waals surface area (Å²) in [6.07, 6.45) is 2.81. The predicted molar refractivity (Wildman–Crippen MR) is 122 cm³/mol. The molecule has 4 nitrogen and oxygen atoms in total. The molecular weight excluding hydrogens is 390 g/mol. The minimum atomic E-state index is 0.270. The van der Waals surface area contributed by atoms with Gasteiger partial charge in [-0.3, -0.25) is 9.91 Å². The molecule has 5 heteroatoms. The molecule has 1 saturated heterocycles. The summed E-state index contributed by atoms with van der Waals surface area (Å²) < 4.78 is 0. The van der Waals surface area contributed by atoms with Crippen molar-refractivity contribution in [1.82, 2.24) is 9.91 Å². The molecule has 0 amide bonds. The number of benzene rings is 3. The van der Waals surface area contributed by atoms with Crippen molar-refractivity contribution in [2.75, 3.05) is 26.2 Å². The van der Waals surface area contributed by atoms with Crippen molar-refractivity contribution in [3.8, 4) is 5.75 Å². The van der Waals surface area contributed by atoms with Gasteiger partial charge in [-0.1, -0.05) is 60.3 Å². The van der Waals surface area contributed by atoms with Crippen molar-refractivity contribution in [1.29, 1.82) is 0 Å². The number of hydrogen-bond donors (Lipinski definition) is 1. The number of phenols is 1. The van der Waals surface area contributed by atoms with Gasteiger partial charge in [-0.25, -0.2) is 0 Å². The van der Waals surface area contributed by atoms with Crippen molar-refractivity contribution in [2.45, 2.75) is 22.3 Å². The van der Waals surface area contributed by atoms with Gasteiger partial charge < -0.3 is 5.11 Å². The third kappa shape index (κ3) is 3.95. The minimum Gasteiger partial charge on any atom is -0.507 e. The summed E-state index contributed by atoms with van der Waals surface area (Å²) in [6.45, 7) is 3.73. The first-order chi connectivity index (χ1) is 14.8. The van der Waals surface area contributed by atoms with Gasteiger partial charge in [-0.15, -0.1) is 0 Å². The first kappa shape index (κ1) is 19.2. The second-order valence-electron chi connectivity index (χ2n) is 7.76. The van der Waals surface area contributed by atoms with E-state index in [9.17, 15) is 5.11 Å². The van der Waals surface area contributed by atoms with Gasteiger partial charge in [-0.05, 0) is 41.8 Å². The zero-order chi connectivity index (χ0) is 20.3. The van der Waals surface area contributed by atoms with Gasteiger partial charge in [0.1, 0.15) is 5.75 Å². The standard InChI is InChI=1S/C25H25N3OS/c29-23-10-4-1-8-20(23)18-26-28-15-13-27(14-16-28)22-17-19-7-2-5-11-24(19)30-25-12-6-3-9-21(22)25/h1-12,18,22,29H,13-17H2/b26-18+. The summed E-state index contributed by atoms with van der Waals surface area (Å²) in [5.41, 5.74) is 3.62. The van der Waals surface area contributed by atoms with E-state index >= 15 is 0 Å². The SMILES string of the molecule is Oc1ccccc1/C=N/N1CCN(C2Cc3ccccc3Sc3ccccc32)CC1. The molecule has 3 aromatic rings. The Kier molecular flexibility index (Phi) is 5.47. The smallest absolute Gasteiger partial charge is 0.124 e. The van der Waals surface area contributed by atoms with E-state index in [-0.39, 0.29) is 5.75 Å². The Morgan fingerprint density at radius 1 is 0.833 bits per heavy atom. The van der Waals surface area contributed by atoms with Crippen molar-refractivity contribution in [2.24, 2.45) is 5.10 Å². The average molecular weight is 416 g/mol. The first-order valence-corrected chi connectivity index (χ1v) is 11.3. The lowest BCUT2D eigenvalue weighted by Gasteiger charge is -2.38. The molecule has 152 valence electrons. The molecule has 0 aliphatic carbocycles. The third-order valence-electron chi connectivity index (χ3n) is 5.91. The van der Waals surface area contributed by atoms with Crippen LogP contribution in [0.5, 0.6) is 5.75 Å². The number of para-hydroxylation sites is 1. The van der Waals surface area contributed by atoms with E-state index in [0.29, 0.717) is 6.04 Å². The molecule has 0 aromatic heterocycles. The number of rotatable bonds is 3. The Labute approximate surface area is 181 Å². The summed E-state index contributed by atoms with van der Waals surface area (Å²) in [5.74, 6) is 0.270. The fourth-order valence-corrected chi connectivity index (χ4v) is 5.40. The topological polar surface area (TPSA) is 39.1 Å². The largest absolute Gasteiger partial charge is 0.507 e. The number of nitrogens with zero attached hydrogens (tertiary/aromatic N) is 3. The lowest BCUT2D eigenvalue weighted by Crippen LogP contribution is -2.46. The molecule has 2 aliphatic rings. The minimum absolute atomic E-state index is 0.270. The fraction of sp³-hybridized carbons (Fsp3) is 0.240. The molecule has 0 bridgehead atoms. The van der Waals surface area contributed by atoms with Gasteiger partial charge in [0.05, 0.1) is 6.21 Å². The Balaban J connectivity index is 1.32. The molecule has 0 radical (unpaired) electrons. The van der Waals surface area contributed by atoms with Crippen LogP contribution < -0.4 is 0 Å². The fourth-order valence-electron chi connectivity index (χ4n) is 4.26. The first-order valence-electron chi connectivity index (χ1n) is 10.4. The maximum Gasteiger partial charge on any atom is 0.124 e. The Bertz CT molecular complexity index is 1060. The van der Waals surface area contributed by atoms with E-state index in [1.807, 2.05) is 30.0 Å². The molecule has 1 fully saturated rings. The van der Waals surface area contributed by atoms with Crippen molar-refractivity contribution < 1.29 is 5.11 Å². The maximum absolute atomic E-state index is 9.93. The van der Waals surface area contributed by atoms with Gasteiger partial charge in [0.2, 0.25) is 0 Å². The van der Waals surface area contributed by atoms with Gasteiger partial charge in [0, 0.05) is 47.6 Å². The van der Waals surface area contributed by atoms with Crippen LogP contribution in [-0.2, 0) is 6.42 Å². The summed E-state index contributed by atoms with van der Waals surface area (Å²) in [5, 5.41) is 16.6. The number of phenolic OH excluding ortho intramolecular Hbond substituents is 1. The van der Waals surface area contributed by atoms with Crippen LogP contribution in [0.2, 0.25) is 0 Å². The van der Waals surface area contributed by atoms with E-state index in [1.165, 1.54) is 20.9 Å². The number of hydrogen-bond acceptors (Lipinski definition) is 5. The summed E-state index contributed by atoms with van der Waals surface area (Å²) >= 11 is 1.89. The lowest BCUT2D eigenvalue weighted by molar-refractivity contribution is 0.0970. The van der Waals surface area contributed by atoms with Crippen LogP contribution in [0.4, 0.5) is 0 Å². The van der Waals surface area contributed by atoms with Gasteiger partial charge >= 0.3 is 0 Å². The van der Waals surface area contributed by atoms with E-state index in [0.717, 1.165) is 38.2 Å². The average Bonchev–Trinajstić information content (AvgIpc) is 2.96. The van der Waals surface area contributed by atoms with E-state index in [4.69, 9.17) is 0 Å². The Morgan fingerprint density at radius 2 is 1.53 bits per heavy atom. The zero-order valence-corrected chi connectivity index (χ0v) is 17.6. The molecular formula is C25H25N3OS. The normalized spacial score (nSPS) is 19.3. The number of piperazine rings is 1. The third-order valence-corrected chi connectivity index (χ3v) is 7.12. The molecule has 3 aromatic carbocycles. The molecule has 0 saturated carbocycles. The maximum atomic E-state index is 9.93. The molecule has 30 heavy (non-hydrogen) atoms.